The Morgan fingerprint density at radius 1 is 0.615 bits per heavy atom. The Kier molecular flexibility index (Phi) is 3.31. The predicted octanol–water partition coefficient (Wildman–Crippen LogP) is 3.70. The molecule has 0 aliphatic heterocycles. The lowest BCUT2D eigenvalue weighted by atomic mass is 10.0. The summed E-state index contributed by atoms with van der Waals surface area (Å²) >= 11 is 0. The van der Waals surface area contributed by atoms with Crippen LogP contribution in [-0.4, -0.2) is 29.9 Å². The van der Waals surface area contributed by atoms with Gasteiger partial charge in [0.1, 0.15) is 12.7 Å². The maximum atomic E-state index is 4.79. The molecule has 26 heavy (non-hydrogen) atoms. The molecule has 0 bridgehead atoms. The molecule has 0 spiro atoms. The SMILES string of the molecule is c1cc(-c2ccncn2)nc(-c2ccnc3c2ccc2cncnc23)c1. The highest BCUT2D eigenvalue weighted by Gasteiger charge is 2.11. The summed E-state index contributed by atoms with van der Waals surface area (Å²) in [5.41, 5.74) is 5.15. The first-order valence-corrected chi connectivity index (χ1v) is 8.11. The minimum atomic E-state index is 0.790. The molecule has 122 valence electrons. The van der Waals surface area contributed by atoms with Crippen LogP contribution in [0.15, 0.2) is 73.7 Å². The van der Waals surface area contributed by atoms with Gasteiger partial charge in [-0.1, -0.05) is 18.2 Å². The van der Waals surface area contributed by atoms with Crippen molar-refractivity contribution in [3.63, 3.8) is 0 Å². The van der Waals surface area contributed by atoms with E-state index in [1.807, 2.05) is 42.5 Å². The lowest BCUT2D eigenvalue weighted by Gasteiger charge is -2.08. The summed E-state index contributed by atoms with van der Waals surface area (Å²) < 4.78 is 0. The van der Waals surface area contributed by atoms with Gasteiger partial charge in [0.2, 0.25) is 0 Å². The first-order chi connectivity index (χ1) is 12.9. The van der Waals surface area contributed by atoms with Gasteiger partial charge < -0.3 is 0 Å². The topological polar surface area (TPSA) is 77.3 Å². The van der Waals surface area contributed by atoms with Crippen molar-refractivity contribution in [3.05, 3.63) is 73.7 Å². The molecule has 0 unspecified atom stereocenters. The second-order valence-electron chi connectivity index (χ2n) is 5.78. The number of hydrogen-bond acceptors (Lipinski definition) is 6. The Hall–Kier alpha value is -3.80. The zero-order valence-corrected chi connectivity index (χ0v) is 13.6. The van der Waals surface area contributed by atoms with Gasteiger partial charge in [0, 0.05) is 34.9 Å². The van der Waals surface area contributed by atoms with E-state index in [-0.39, 0.29) is 0 Å². The third kappa shape index (κ3) is 2.36. The highest BCUT2D eigenvalue weighted by Crippen LogP contribution is 2.30. The first kappa shape index (κ1) is 14.5. The smallest absolute Gasteiger partial charge is 0.116 e. The number of rotatable bonds is 2. The van der Waals surface area contributed by atoms with Crippen molar-refractivity contribution in [1.29, 1.82) is 0 Å². The van der Waals surface area contributed by atoms with Crippen LogP contribution in [-0.2, 0) is 0 Å². The molecule has 0 aliphatic carbocycles. The highest BCUT2D eigenvalue weighted by atomic mass is 14.9. The van der Waals surface area contributed by atoms with E-state index in [2.05, 4.69) is 24.9 Å². The van der Waals surface area contributed by atoms with E-state index < -0.39 is 0 Å². The number of hydrogen-bond donors (Lipinski definition) is 0. The quantitative estimate of drug-likeness (QED) is 0.457. The van der Waals surface area contributed by atoms with Crippen LogP contribution < -0.4 is 0 Å². The molecule has 4 aromatic heterocycles. The Bertz CT molecular complexity index is 1240. The zero-order chi connectivity index (χ0) is 17.3. The molecule has 0 amide bonds. The fraction of sp³-hybridized carbons (Fsp3) is 0. The number of fused-ring (bicyclic) bond motifs is 3. The lowest BCUT2D eigenvalue weighted by molar-refractivity contribution is 1.15. The van der Waals surface area contributed by atoms with Crippen LogP contribution >= 0.6 is 0 Å². The second kappa shape index (κ2) is 5.93. The van der Waals surface area contributed by atoms with E-state index in [1.54, 1.807) is 24.9 Å². The van der Waals surface area contributed by atoms with Gasteiger partial charge in [0.15, 0.2) is 0 Å². The van der Waals surface area contributed by atoms with E-state index >= 15 is 0 Å². The third-order valence-electron chi connectivity index (χ3n) is 4.25. The summed E-state index contributed by atoms with van der Waals surface area (Å²) in [7, 11) is 0. The monoisotopic (exact) mass is 336 g/mol. The van der Waals surface area contributed by atoms with Gasteiger partial charge in [0.25, 0.3) is 0 Å². The van der Waals surface area contributed by atoms with E-state index in [1.165, 1.54) is 6.33 Å². The molecular weight excluding hydrogens is 324 g/mol. The largest absolute Gasteiger partial charge is 0.254 e. The van der Waals surface area contributed by atoms with Crippen LogP contribution in [0, 0.1) is 0 Å². The van der Waals surface area contributed by atoms with Crippen molar-refractivity contribution >= 4 is 21.8 Å². The minimum Gasteiger partial charge on any atom is -0.254 e. The summed E-state index contributed by atoms with van der Waals surface area (Å²) in [4.78, 5) is 26.1. The molecule has 0 saturated carbocycles. The second-order valence-corrected chi connectivity index (χ2v) is 5.78. The summed E-state index contributed by atoms with van der Waals surface area (Å²) in [6, 6.07) is 13.8. The normalized spacial score (nSPS) is 11.1. The van der Waals surface area contributed by atoms with E-state index in [9.17, 15) is 0 Å². The number of nitrogens with zero attached hydrogens (tertiary/aromatic N) is 6. The van der Waals surface area contributed by atoms with Gasteiger partial charge in [-0.15, -0.1) is 0 Å². The van der Waals surface area contributed by atoms with Crippen molar-refractivity contribution in [2.24, 2.45) is 0 Å². The van der Waals surface area contributed by atoms with Crippen LogP contribution in [0.1, 0.15) is 0 Å². The van der Waals surface area contributed by atoms with Crippen molar-refractivity contribution in [2.45, 2.75) is 0 Å². The maximum absolute atomic E-state index is 4.79. The number of aromatic nitrogens is 6. The minimum absolute atomic E-state index is 0.790. The van der Waals surface area contributed by atoms with E-state index in [0.717, 1.165) is 44.5 Å². The van der Waals surface area contributed by atoms with E-state index in [4.69, 9.17) is 4.98 Å². The van der Waals surface area contributed by atoms with Gasteiger partial charge in [-0.25, -0.2) is 24.9 Å². The average Bonchev–Trinajstić information content (AvgIpc) is 2.74. The fourth-order valence-corrected chi connectivity index (χ4v) is 3.06. The Morgan fingerprint density at radius 2 is 1.54 bits per heavy atom. The van der Waals surface area contributed by atoms with Gasteiger partial charge in [-0.3, -0.25) is 4.98 Å². The van der Waals surface area contributed by atoms with Gasteiger partial charge in [-0.2, -0.15) is 0 Å². The molecule has 0 atom stereocenters. The molecular formula is C20H12N6. The molecule has 6 nitrogen and oxygen atoms in total. The van der Waals surface area contributed by atoms with Crippen molar-refractivity contribution in [1.82, 2.24) is 29.9 Å². The van der Waals surface area contributed by atoms with Gasteiger partial charge in [-0.05, 0) is 24.3 Å². The van der Waals surface area contributed by atoms with Crippen LogP contribution in [0.2, 0.25) is 0 Å². The van der Waals surface area contributed by atoms with Gasteiger partial charge in [0.05, 0.1) is 28.1 Å². The van der Waals surface area contributed by atoms with Crippen LogP contribution in [0.25, 0.3) is 44.5 Å². The zero-order valence-electron chi connectivity index (χ0n) is 13.6. The van der Waals surface area contributed by atoms with Crippen LogP contribution in [0.3, 0.4) is 0 Å². The summed E-state index contributed by atoms with van der Waals surface area (Å²) in [6.45, 7) is 0. The molecule has 0 N–H and O–H groups in total. The predicted molar refractivity (Wildman–Crippen MR) is 99.1 cm³/mol. The Morgan fingerprint density at radius 3 is 2.46 bits per heavy atom. The molecule has 0 radical (unpaired) electrons. The maximum Gasteiger partial charge on any atom is 0.116 e. The average molecular weight is 336 g/mol. The Labute approximate surface area is 148 Å². The number of benzene rings is 1. The molecule has 5 aromatic rings. The molecule has 0 fully saturated rings. The third-order valence-corrected chi connectivity index (χ3v) is 4.25. The van der Waals surface area contributed by atoms with Crippen molar-refractivity contribution in [3.8, 4) is 22.6 Å². The fourth-order valence-electron chi connectivity index (χ4n) is 3.06. The molecule has 5 rings (SSSR count). The lowest BCUT2D eigenvalue weighted by Crippen LogP contribution is -1.93. The number of pyridine rings is 2. The Balaban J connectivity index is 1.74. The first-order valence-electron chi connectivity index (χ1n) is 8.11. The van der Waals surface area contributed by atoms with Crippen LogP contribution in [0.5, 0.6) is 0 Å². The standard InChI is InChI=1S/C20H12N6/c1-2-16(26-18(3-1)17-7-8-21-11-24-17)14-6-9-23-20-15(14)5-4-13-10-22-12-25-19(13)20/h1-12H. The molecule has 1 aromatic carbocycles. The van der Waals surface area contributed by atoms with Crippen LogP contribution in [0.4, 0.5) is 0 Å². The molecule has 0 aliphatic rings. The highest BCUT2D eigenvalue weighted by molar-refractivity contribution is 6.07. The van der Waals surface area contributed by atoms with Crippen molar-refractivity contribution in [2.75, 3.05) is 0 Å². The van der Waals surface area contributed by atoms with E-state index in [0.29, 0.717) is 0 Å². The summed E-state index contributed by atoms with van der Waals surface area (Å²) in [5.74, 6) is 0. The molecule has 4 heterocycles. The summed E-state index contributed by atoms with van der Waals surface area (Å²) in [6.07, 6.45) is 8.37. The molecule has 6 heteroatoms. The molecule has 0 saturated heterocycles. The van der Waals surface area contributed by atoms with Crippen molar-refractivity contribution < 1.29 is 0 Å². The summed E-state index contributed by atoms with van der Waals surface area (Å²) in [5, 5.41) is 1.97. The van der Waals surface area contributed by atoms with Gasteiger partial charge >= 0.3 is 0 Å².